The molecule has 0 aliphatic heterocycles. The van der Waals surface area contributed by atoms with Gasteiger partial charge in [0.25, 0.3) is 0 Å². The molecule has 118 valence electrons. The van der Waals surface area contributed by atoms with Crippen LogP contribution in [0.2, 0.25) is 0 Å². The number of methoxy groups -OCH3 is 1. The number of benzene rings is 1. The van der Waals surface area contributed by atoms with E-state index in [1.165, 1.54) is 35.9 Å². The van der Waals surface area contributed by atoms with E-state index >= 15 is 0 Å². The fraction of sp³-hybridized carbons (Fsp3) is 0.579. The van der Waals surface area contributed by atoms with Gasteiger partial charge in [-0.05, 0) is 74.7 Å². The van der Waals surface area contributed by atoms with Crippen molar-refractivity contribution in [1.29, 1.82) is 0 Å². The molecule has 2 fully saturated rings. The summed E-state index contributed by atoms with van der Waals surface area (Å²) < 4.78 is 6.88. The first-order valence-corrected chi connectivity index (χ1v) is 9.25. The van der Waals surface area contributed by atoms with E-state index in [1.807, 2.05) is 0 Å². The quantitative estimate of drug-likeness (QED) is 0.817. The Morgan fingerprint density at radius 1 is 1.23 bits per heavy atom. The van der Waals surface area contributed by atoms with Gasteiger partial charge in [0.2, 0.25) is 0 Å². The highest BCUT2D eigenvalue weighted by Crippen LogP contribution is 2.57. The summed E-state index contributed by atoms with van der Waals surface area (Å²) in [4.78, 5) is 2.38. The number of thiophene rings is 1. The minimum absolute atomic E-state index is 0.746. The highest BCUT2D eigenvalue weighted by molar-refractivity contribution is 7.17. The van der Waals surface area contributed by atoms with Crippen molar-refractivity contribution >= 4 is 21.4 Å². The zero-order chi connectivity index (χ0) is 15.3. The topological polar surface area (TPSA) is 12.5 Å². The number of hydrogen-bond donors (Lipinski definition) is 0. The van der Waals surface area contributed by atoms with Gasteiger partial charge in [0, 0.05) is 22.0 Å². The van der Waals surface area contributed by atoms with Crippen LogP contribution in [-0.4, -0.2) is 32.6 Å². The molecule has 0 unspecified atom stereocenters. The molecule has 1 aromatic heterocycles. The third-order valence-corrected chi connectivity index (χ3v) is 6.77. The number of fused-ring (bicyclic) bond motifs is 3. The third-order valence-electron chi connectivity index (χ3n) is 5.83. The van der Waals surface area contributed by atoms with Gasteiger partial charge in [-0.3, -0.25) is 0 Å². The summed E-state index contributed by atoms with van der Waals surface area (Å²) in [7, 11) is 6.21. The molecule has 2 nitrogen and oxygen atoms in total. The van der Waals surface area contributed by atoms with Gasteiger partial charge in [0.05, 0.1) is 7.11 Å². The molecule has 4 rings (SSSR count). The van der Waals surface area contributed by atoms with Crippen LogP contribution in [-0.2, 0) is 0 Å². The Hall–Kier alpha value is -1.06. The summed E-state index contributed by atoms with van der Waals surface area (Å²) in [5, 5.41) is 3.43. The van der Waals surface area contributed by atoms with Crippen LogP contribution in [0.25, 0.3) is 10.1 Å². The second kappa shape index (κ2) is 5.54. The Labute approximate surface area is 137 Å². The summed E-state index contributed by atoms with van der Waals surface area (Å²) in [6.07, 6.45) is 4.32. The molecule has 2 aliphatic rings. The second-order valence-corrected chi connectivity index (χ2v) is 8.26. The standard InChI is InChI=1S/C19H25NOS/c1-20(2)10-16-12-4-5-13(8-12)19(16)14-6-7-18-15(9-14)17(21-3)11-22-18/h6-7,9,11-13,16,19H,4-5,8,10H2,1-3H3/t12-,13+,16-,19+/m0/s1. The van der Waals surface area contributed by atoms with Crippen LogP contribution in [0.1, 0.15) is 30.7 Å². The van der Waals surface area contributed by atoms with Crippen LogP contribution < -0.4 is 4.74 Å². The first kappa shape index (κ1) is 14.5. The summed E-state index contributed by atoms with van der Waals surface area (Å²) in [6, 6.07) is 7.10. The Balaban J connectivity index is 1.73. The molecule has 0 amide bonds. The molecule has 4 atom stereocenters. The molecule has 2 bridgehead atoms. The maximum atomic E-state index is 5.54. The average molecular weight is 315 g/mol. The molecule has 0 spiro atoms. The van der Waals surface area contributed by atoms with Crippen molar-refractivity contribution < 1.29 is 4.74 Å². The maximum absolute atomic E-state index is 5.54. The van der Waals surface area contributed by atoms with Crippen LogP contribution in [0.4, 0.5) is 0 Å². The van der Waals surface area contributed by atoms with E-state index in [1.54, 1.807) is 24.0 Å². The zero-order valence-electron chi connectivity index (χ0n) is 13.7. The van der Waals surface area contributed by atoms with Crippen molar-refractivity contribution in [3.05, 3.63) is 29.1 Å². The fourth-order valence-electron chi connectivity index (χ4n) is 5.00. The average Bonchev–Trinajstić information content (AvgIpc) is 3.19. The summed E-state index contributed by atoms with van der Waals surface area (Å²) in [5.41, 5.74) is 1.54. The number of ether oxygens (including phenoxy) is 1. The summed E-state index contributed by atoms with van der Waals surface area (Å²) in [5.74, 6) is 4.45. The third kappa shape index (κ3) is 2.26. The molecule has 3 heteroatoms. The minimum atomic E-state index is 0.746. The van der Waals surface area contributed by atoms with E-state index < -0.39 is 0 Å². The van der Waals surface area contributed by atoms with Gasteiger partial charge in [-0.2, -0.15) is 0 Å². The Bertz CT molecular complexity index is 677. The second-order valence-electron chi connectivity index (χ2n) is 7.34. The van der Waals surface area contributed by atoms with Crippen LogP contribution in [0.5, 0.6) is 5.75 Å². The van der Waals surface area contributed by atoms with Crippen molar-refractivity contribution in [1.82, 2.24) is 4.90 Å². The van der Waals surface area contributed by atoms with E-state index in [0.717, 1.165) is 29.4 Å². The first-order chi connectivity index (χ1) is 10.7. The first-order valence-electron chi connectivity index (χ1n) is 8.37. The van der Waals surface area contributed by atoms with E-state index in [0.29, 0.717) is 0 Å². The number of rotatable bonds is 4. The van der Waals surface area contributed by atoms with Gasteiger partial charge in [0.1, 0.15) is 5.75 Å². The smallest absolute Gasteiger partial charge is 0.137 e. The molecule has 0 radical (unpaired) electrons. The molecule has 2 aliphatic carbocycles. The highest BCUT2D eigenvalue weighted by Gasteiger charge is 2.47. The molecule has 22 heavy (non-hydrogen) atoms. The van der Waals surface area contributed by atoms with Gasteiger partial charge in [-0.25, -0.2) is 0 Å². The van der Waals surface area contributed by atoms with Crippen molar-refractivity contribution in [2.45, 2.75) is 25.2 Å². The molecule has 1 heterocycles. The Morgan fingerprint density at radius 2 is 2.05 bits per heavy atom. The van der Waals surface area contributed by atoms with Gasteiger partial charge in [0.15, 0.2) is 0 Å². The van der Waals surface area contributed by atoms with Gasteiger partial charge < -0.3 is 9.64 Å². The lowest BCUT2D eigenvalue weighted by Gasteiger charge is -2.33. The molecule has 0 saturated heterocycles. The monoisotopic (exact) mass is 315 g/mol. The van der Waals surface area contributed by atoms with Crippen molar-refractivity contribution in [3.63, 3.8) is 0 Å². The predicted octanol–water partition coefficient (Wildman–Crippen LogP) is 4.60. The van der Waals surface area contributed by atoms with Gasteiger partial charge in [-0.1, -0.05) is 6.07 Å². The molecule has 2 aromatic rings. The SMILES string of the molecule is COc1csc2ccc([C@H]3[C@@H]4CC[C@@H](C4)[C@@H]3CN(C)C)cc12. The highest BCUT2D eigenvalue weighted by atomic mass is 32.1. The summed E-state index contributed by atoms with van der Waals surface area (Å²) in [6.45, 7) is 1.23. The fourth-order valence-corrected chi connectivity index (χ4v) is 5.89. The lowest BCUT2D eigenvalue weighted by atomic mass is 9.75. The largest absolute Gasteiger partial charge is 0.495 e. The minimum Gasteiger partial charge on any atom is -0.495 e. The van der Waals surface area contributed by atoms with Crippen LogP contribution in [0.3, 0.4) is 0 Å². The van der Waals surface area contributed by atoms with Crippen molar-refractivity contribution in [2.24, 2.45) is 17.8 Å². The molecule has 2 saturated carbocycles. The van der Waals surface area contributed by atoms with Gasteiger partial charge in [-0.15, -0.1) is 11.3 Å². The molecule has 1 aromatic carbocycles. The van der Waals surface area contributed by atoms with E-state index in [-0.39, 0.29) is 0 Å². The van der Waals surface area contributed by atoms with Crippen LogP contribution in [0, 0.1) is 17.8 Å². The normalized spacial score (nSPS) is 30.5. The van der Waals surface area contributed by atoms with Crippen LogP contribution >= 0.6 is 11.3 Å². The molecular formula is C19H25NOS. The van der Waals surface area contributed by atoms with E-state index in [2.05, 4.69) is 42.6 Å². The lowest BCUT2D eigenvalue weighted by molar-refractivity contribution is 0.219. The van der Waals surface area contributed by atoms with E-state index in [4.69, 9.17) is 4.74 Å². The van der Waals surface area contributed by atoms with E-state index in [9.17, 15) is 0 Å². The lowest BCUT2D eigenvalue weighted by Crippen LogP contribution is -2.30. The predicted molar refractivity (Wildman–Crippen MR) is 94.0 cm³/mol. The Morgan fingerprint density at radius 3 is 2.82 bits per heavy atom. The zero-order valence-corrected chi connectivity index (χ0v) is 14.5. The van der Waals surface area contributed by atoms with Crippen LogP contribution in [0.15, 0.2) is 23.6 Å². The van der Waals surface area contributed by atoms with Crippen molar-refractivity contribution in [2.75, 3.05) is 27.7 Å². The molecule has 0 N–H and O–H groups in total. The van der Waals surface area contributed by atoms with Crippen molar-refractivity contribution in [3.8, 4) is 5.75 Å². The number of hydrogen-bond acceptors (Lipinski definition) is 3. The number of nitrogens with zero attached hydrogens (tertiary/aromatic N) is 1. The Kier molecular flexibility index (Phi) is 3.66. The van der Waals surface area contributed by atoms with Gasteiger partial charge >= 0.3 is 0 Å². The molecular weight excluding hydrogens is 290 g/mol. The summed E-state index contributed by atoms with van der Waals surface area (Å²) >= 11 is 1.78. The maximum Gasteiger partial charge on any atom is 0.137 e.